The Kier molecular flexibility index (Phi) is 1.81. The SMILES string of the molecule is C1=CC2CCCC3CCC(C=C1)C23. The van der Waals surface area contributed by atoms with Crippen LogP contribution in [0.15, 0.2) is 24.3 Å². The lowest BCUT2D eigenvalue weighted by atomic mass is 9.71. The van der Waals surface area contributed by atoms with Crippen molar-refractivity contribution in [3.05, 3.63) is 24.3 Å². The molecule has 13 heavy (non-hydrogen) atoms. The molecule has 4 unspecified atom stereocenters. The fourth-order valence-electron chi connectivity index (χ4n) is 3.82. The lowest BCUT2D eigenvalue weighted by Crippen LogP contribution is -2.26. The van der Waals surface area contributed by atoms with Gasteiger partial charge < -0.3 is 0 Å². The predicted octanol–water partition coefficient (Wildman–Crippen LogP) is 3.55. The van der Waals surface area contributed by atoms with Crippen molar-refractivity contribution < 1.29 is 0 Å². The van der Waals surface area contributed by atoms with Gasteiger partial charge >= 0.3 is 0 Å². The lowest BCUT2D eigenvalue weighted by molar-refractivity contribution is 0.194. The summed E-state index contributed by atoms with van der Waals surface area (Å²) in [6.45, 7) is 0. The van der Waals surface area contributed by atoms with Gasteiger partial charge in [-0.1, -0.05) is 37.1 Å². The average Bonchev–Trinajstić information content (AvgIpc) is 2.44. The summed E-state index contributed by atoms with van der Waals surface area (Å²) in [6.07, 6.45) is 16.9. The van der Waals surface area contributed by atoms with Crippen LogP contribution in [-0.4, -0.2) is 0 Å². The van der Waals surface area contributed by atoms with E-state index in [9.17, 15) is 0 Å². The van der Waals surface area contributed by atoms with Gasteiger partial charge in [0.25, 0.3) is 0 Å². The summed E-state index contributed by atoms with van der Waals surface area (Å²) < 4.78 is 0. The molecule has 3 rings (SSSR count). The van der Waals surface area contributed by atoms with Crippen molar-refractivity contribution in [2.24, 2.45) is 23.7 Å². The molecule has 0 aliphatic heterocycles. The number of allylic oxidation sites excluding steroid dienone is 4. The fraction of sp³-hybridized carbons (Fsp3) is 0.692. The largest absolute Gasteiger partial charge is 0.0811 e. The molecule has 3 aliphatic carbocycles. The van der Waals surface area contributed by atoms with Crippen LogP contribution in [0.4, 0.5) is 0 Å². The zero-order valence-electron chi connectivity index (χ0n) is 8.15. The average molecular weight is 174 g/mol. The van der Waals surface area contributed by atoms with Gasteiger partial charge in [-0.3, -0.25) is 0 Å². The zero-order valence-corrected chi connectivity index (χ0v) is 8.15. The second-order valence-electron chi connectivity index (χ2n) is 4.94. The van der Waals surface area contributed by atoms with E-state index in [4.69, 9.17) is 0 Å². The molecule has 0 radical (unpaired) electrons. The second kappa shape index (κ2) is 3.01. The minimum atomic E-state index is 0.918. The van der Waals surface area contributed by atoms with E-state index in [1.54, 1.807) is 0 Å². The molecule has 3 aliphatic rings. The summed E-state index contributed by atoms with van der Waals surface area (Å²) in [4.78, 5) is 0. The molecule has 0 N–H and O–H groups in total. The monoisotopic (exact) mass is 174 g/mol. The maximum absolute atomic E-state index is 2.47. The van der Waals surface area contributed by atoms with E-state index in [0.29, 0.717) is 0 Å². The molecular formula is C13H18. The van der Waals surface area contributed by atoms with Gasteiger partial charge in [-0.05, 0) is 42.9 Å². The van der Waals surface area contributed by atoms with E-state index in [2.05, 4.69) is 24.3 Å². The van der Waals surface area contributed by atoms with E-state index in [1.165, 1.54) is 32.1 Å². The van der Waals surface area contributed by atoms with Gasteiger partial charge in [0.2, 0.25) is 0 Å². The van der Waals surface area contributed by atoms with Crippen molar-refractivity contribution in [3.63, 3.8) is 0 Å². The molecule has 70 valence electrons. The highest BCUT2D eigenvalue weighted by atomic mass is 14.5. The number of hydrogen-bond acceptors (Lipinski definition) is 0. The zero-order chi connectivity index (χ0) is 8.67. The molecule has 0 nitrogen and oxygen atoms in total. The molecule has 0 spiro atoms. The van der Waals surface area contributed by atoms with Crippen LogP contribution in [0.5, 0.6) is 0 Å². The van der Waals surface area contributed by atoms with E-state index in [-0.39, 0.29) is 0 Å². The van der Waals surface area contributed by atoms with Crippen molar-refractivity contribution in [1.29, 1.82) is 0 Å². The Balaban J connectivity index is 1.94. The predicted molar refractivity (Wildman–Crippen MR) is 55.3 cm³/mol. The Bertz CT molecular complexity index is 249. The molecule has 0 amide bonds. The van der Waals surface area contributed by atoms with Crippen LogP contribution in [-0.2, 0) is 0 Å². The van der Waals surface area contributed by atoms with E-state index in [1.807, 2.05) is 0 Å². The topological polar surface area (TPSA) is 0 Å². The van der Waals surface area contributed by atoms with Crippen molar-refractivity contribution in [3.8, 4) is 0 Å². The maximum atomic E-state index is 2.47. The van der Waals surface area contributed by atoms with Gasteiger partial charge in [-0.2, -0.15) is 0 Å². The van der Waals surface area contributed by atoms with Gasteiger partial charge in [0.1, 0.15) is 0 Å². The fourth-order valence-corrected chi connectivity index (χ4v) is 3.82. The first kappa shape index (κ1) is 7.84. The van der Waals surface area contributed by atoms with Gasteiger partial charge in [-0.15, -0.1) is 0 Å². The van der Waals surface area contributed by atoms with Crippen molar-refractivity contribution in [2.45, 2.75) is 32.1 Å². The van der Waals surface area contributed by atoms with Crippen LogP contribution >= 0.6 is 0 Å². The normalized spacial score (nSPS) is 47.4. The van der Waals surface area contributed by atoms with Crippen molar-refractivity contribution in [2.75, 3.05) is 0 Å². The Labute approximate surface area is 80.7 Å². The summed E-state index contributed by atoms with van der Waals surface area (Å²) >= 11 is 0. The van der Waals surface area contributed by atoms with Crippen LogP contribution in [0.3, 0.4) is 0 Å². The maximum Gasteiger partial charge on any atom is -0.0194 e. The van der Waals surface area contributed by atoms with Gasteiger partial charge in [0, 0.05) is 0 Å². The Morgan fingerprint density at radius 1 is 0.769 bits per heavy atom. The third-order valence-electron chi connectivity index (χ3n) is 4.34. The highest BCUT2D eigenvalue weighted by Crippen LogP contribution is 2.50. The first-order valence-electron chi connectivity index (χ1n) is 5.80. The summed E-state index contributed by atoms with van der Waals surface area (Å²) in [5.74, 6) is 3.92. The quantitative estimate of drug-likeness (QED) is 0.527. The summed E-state index contributed by atoms with van der Waals surface area (Å²) in [6, 6.07) is 0. The van der Waals surface area contributed by atoms with Crippen LogP contribution in [0, 0.1) is 23.7 Å². The molecular weight excluding hydrogens is 156 g/mol. The molecule has 2 fully saturated rings. The molecule has 0 aromatic rings. The first-order chi connectivity index (χ1) is 6.45. The molecule has 0 aromatic carbocycles. The van der Waals surface area contributed by atoms with Crippen LogP contribution < -0.4 is 0 Å². The first-order valence-corrected chi connectivity index (χ1v) is 5.80. The standard InChI is InChI=1S/C13H18/c1-2-5-11-8-9-12-7-3-6-10(4-1)13(11)12/h1-2,4-5,10-13H,3,6-9H2. The number of hydrogen-bond donors (Lipinski definition) is 0. The minimum Gasteiger partial charge on any atom is -0.0811 e. The summed E-state index contributed by atoms with van der Waals surface area (Å²) in [7, 11) is 0. The van der Waals surface area contributed by atoms with Gasteiger partial charge in [-0.25, -0.2) is 0 Å². The second-order valence-corrected chi connectivity index (χ2v) is 4.94. The molecule has 0 bridgehead atoms. The van der Waals surface area contributed by atoms with Gasteiger partial charge in [0.05, 0.1) is 0 Å². The number of rotatable bonds is 0. The van der Waals surface area contributed by atoms with Crippen LogP contribution in [0.1, 0.15) is 32.1 Å². The lowest BCUT2D eigenvalue weighted by Gasteiger charge is -2.34. The van der Waals surface area contributed by atoms with E-state index >= 15 is 0 Å². The minimum absolute atomic E-state index is 0.918. The van der Waals surface area contributed by atoms with Crippen LogP contribution in [0.25, 0.3) is 0 Å². The Hall–Kier alpha value is -0.520. The molecule has 0 heterocycles. The highest BCUT2D eigenvalue weighted by Gasteiger charge is 2.41. The summed E-state index contributed by atoms with van der Waals surface area (Å²) in [5, 5.41) is 0. The van der Waals surface area contributed by atoms with Crippen molar-refractivity contribution >= 4 is 0 Å². The van der Waals surface area contributed by atoms with E-state index in [0.717, 1.165) is 23.7 Å². The van der Waals surface area contributed by atoms with Gasteiger partial charge in [0.15, 0.2) is 0 Å². The van der Waals surface area contributed by atoms with Crippen LogP contribution in [0.2, 0.25) is 0 Å². The third kappa shape index (κ3) is 1.19. The summed E-state index contributed by atoms with van der Waals surface area (Å²) in [5.41, 5.74) is 0. The van der Waals surface area contributed by atoms with Crippen molar-refractivity contribution in [1.82, 2.24) is 0 Å². The molecule has 4 atom stereocenters. The Morgan fingerprint density at radius 2 is 1.54 bits per heavy atom. The molecule has 0 aromatic heterocycles. The third-order valence-corrected chi connectivity index (χ3v) is 4.34. The smallest absolute Gasteiger partial charge is 0.0194 e. The Morgan fingerprint density at radius 3 is 2.38 bits per heavy atom. The molecule has 0 heteroatoms. The van der Waals surface area contributed by atoms with E-state index < -0.39 is 0 Å². The molecule has 0 saturated heterocycles. The highest BCUT2D eigenvalue weighted by molar-refractivity contribution is 5.15. The molecule has 2 saturated carbocycles.